The van der Waals surface area contributed by atoms with Crippen molar-refractivity contribution in [3.63, 3.8) is 0 Å². The topological polar surface area (TPSA) is 90.6 Å². The molecule has 0 radical (unpaired) electrons. The van der Waals surface area contributed by atoms with E-state index in [2.05, 4.69) is 12.2 Å². The Bertz CT molecular complexity index is 578. The molecular weight excluding hydrogens is 332 g/mol. The van der Waals surface area contributed by atoms with Gasteiger partial charge in [0, 0.05) is 11.6 Å². The predicted molar refractivity (Wildman–Crippen MR) is 93.8 cm³/mol. The van der Waals surface area contributed by atoms with Crippen molar-refractivity contribution in [3.05, 3.63) is 22.7 Å². The maximum Gasteiger partial charge on any atom is 0.255 e. The van der Waals surface area contributed by atoms with Crippen LogP contribution in [0.1, 0.15) is 49.9 Å². The fourth-order valence-corrected chi connectivity index (χ4v) is 2.48. The van der Waals surface area contributed by atoms with Crippen molar-refractivity contribution in [2.45, 2.75) is 45.6 Å². The summed E-state index contributed by atoms with van der Waals surface area (Å²) in [5, 5.41) is 3.12. The summed E-state index contributed by atoms with van der Waals surface area (Å²) >= 11 is 6.14. The Morgan fingerprint density at radius 2 is 2.04 bits per heavy atom. The summed E-state index contributed by atoms with van der Waals surface area (Å²) in [5.74, 6) is -0.408. The van der Waals surface area contributed by atoms with Crippen LogP contribution in [0, 0.1) is 0 Å². The average molecular weight is 357 g/mol. The first-order valence-electron chi connectivity index (χ1n) is 7.98. The van der Waals surface area contributed by atoms with Crippen LogP contribution in [0.15, 0.2) is 12.1 Å². The Morgan fingerprint density at radius 3 is 2.62 bits per heavy atom. The molecule has 1 rings (SSSR count). The number of primary amides is 1. The van der Waals surface area contributed by atoms with Crippen LogP contribution in [-0.4, -0.2) is 31.6 Å². The van der Waals surface area contributed by atoms with E-state index < -0.39 is 5.91 Å². The number of methoxy groups -OCH3 is 1. The SMILES string of the molecule is CCCCCC(C)NC(=O)c1cc(Cl)c(OCC(N)=O)c(OC)c1. The summed E-state index contributed by atoms with van der Waals surface area (Å²) in [4.78, 5) is 23.2. The van der Waals surface area contributed by atoms with Gasteiger partial charge in [-0.3, -0.25) is 9.59 Å². The van der Waals surface area contributed by atoms with Crippen molar-refractivity contribution in [3.8, 4) is 11.5 Å². The number of nitrogens with two attached hydrogens (primary N) is 1. The summed E-state index contributed by atoms with van der Waals surface area (Å²) in [5.41, 5.74) is 5.42. The van der Waals surface area contributed by atoms with Crippen molar-refractivity contribution in [1.82, 2.24) is 5.32 Å². The van der Waals surface area contributed by atoms with Gasteiger partial charge in [0.05, 0.1) is 12.1 Å². The van der Waals surface area contributed by atoms with Gasteiger partial charge in [-0.05, 0) is 25.5 Å². The molecule has 0 bridgehead atoms. The summed E-state index contributed by atoms with van der Waals surface area (Å²) in [6, 6.07) is 3.07. The largest absolute Gasteiger partial charge is 0.493 e. The van der Waals surface area contributed by atoms with Crippen LogP contribution < -0.4 is 20.5 Å². The van der Waals surface area contributed by atoms with E-state index in [1.54, 1.807) is 0 Å². The van der Waals surface area contributed by atoms with Crippen LogP contribution >= 0.6 is 11.6 Å². The third-order valence-corrected chi connectivity index (χ3v) is 3.75. The summed E-state index contributed by atoms with van der Waals surface area (Å²) in [6.07, 6.45) is 4.28. The molecule has 0 aliphatic carbocycles. The van der Waals surface area contributed by atoms with Gasteiger partial charge < -0.3 is 20.5 Å². The number of nitrogens with one attached hydrogen (secondary N) is 1. The van der Waals surface area contributed by atoms with Gasteiger partial charge in [-0.2, -0.15) is 0 Å². The van der Waals surface area contributed by atoms with E-state index in [-0.39, 0.29) is 35.1 Å². The van der Waals surface area contributed by atoms with Gasteiger partial charge in [-0.15, -0.1) is 0 Å². The molecule has 24 heavy (non-hydrogen) atoms. The first kappa shape index (κ1) is 20.1. The standard InChI is InChI=1S/C17H25ClN2O4/c1-4-5-6-7-11(2)20-17(22)12-8-13(18)16(14(9-12)23-3)24-10-15(19)21/h8-9,11H,4-7,10H2,1-3H3,(H2,19,21)(H,20,22). The maximum atomic E-state index is 12.3. The minimum absolute atomic E-state index is 0.0691. The van der Waals surface area contributed by atoms with Crippen molar-refractivity contribution in [1.29, 1.82) is 0 Å². The van der Waals surface area contributed by atoms with Crippen LogP contribution in [0.5, 0.6) is 11.5 Å². The van der Waals surface area contributed by atoms with E-state index in [1.165, 1.54) is 19.2 Å². The van der Waals surface area contributed by atoms with Crippen molar-refractivity contribution >= 4 is 23.4 Å². The molecule has 1 atom stereocenters. The number of unbranched alkanes of at least 4 members (excludes halogenated alkanes) is 2. The van der Waals surface area contributed by atoms with Gasteiger partial charge in [-0.1, -0.05) is 37.8 Å². The number of rotatable bonds is 10. The average Bonchev–Trinajstić information content (AvgIpc) is 2.52. The first-order valence-corrected chi connectivity index (χ1v) is 8.36. The zero-order chi connectivity index (χ0) is 18.1. The number of amides is 2. The molecule has 0 spiro atoms. The van der Waals surface area contributed by atoms with Gasteiger partial charge in [0.2, 0.25) is 0 Å². The quantitative estimate of drug-likeness (QED) is 0.630. The predicted octanol–water partition coefficient (Wildman–Crippen LogP) is 2.91. The van der Waals surface area contributed by atoms with Gasteiger partial charge in [-0.25, -0.2) is 0 Å². The second kappa shape index (κ2) is 10.0. The molecule has 0 aliphatic heterocycles. The number of carbonyl (C=O) groups excluding carboxylic acids is 2. The van der Waals surface area contributed by atoms with Crippen LogP contribution in [0.3, 0.4) is 0 Å². The fraction of sp³-hybridized carbons (Fsp3) is 0.529. The van der Waals surface area contributed by atoms with E-state index in [0.29, 0.717) is 5.56 Å². The Morgan fingerprint density at radius 1 is 1.33 bits per heavy atom. The van der Waals surface area contributed by atoms with E-state index in [0.717, 1.165) is 25.7 Å². The molecule has 0 saturated heterocycles. The number of hydrogen-bond donors (Lipinski definition) is 2. The van der Waals surface area contributed by atoms with E-state index in [1.807, 2.05) is 6.92 Å². The highest BCUT2D eigenvalue weighted by Crippen LogP contribution is 2.36. The number of carbonyl (C=O) groups is 2. The summed E-state index contributed by atoms with van der Waals surface area (Å²) < 4.78 is 10.4. The van der Waals surface area contributed by atoms with Crippen LogP contribution in [-0.2, 0) is 4.79 Å². The van der Waals surface area contributed by atoms with Gasteiger partial charge in [0.1, 0.15) is 0 Å². The second-order valence-corrected chi connectivity index (χ2v) is 6.02. The number of halogens is 1. The first-order chi connectivity index (χ1) is 11.4. The molecule has 2 amide bonds. The molecule has 0 fully saturated rings. The lowest BCUT2D eigenvalue weighted by Gasteiger charge is -2.16. The summed E-state index contributed by atoms with van der Waals surface area (Å²) in [7, 11) is 1.43. The third-order valence-electron chi connectivity index (χ3n) is 3.47. The van der Waals surface area contributed by atoms with Crippen molar-refractivity contribution < 1.29 is 19.1 Å². The number of ether oxygens (including phenoxy) is 2. The summed E-state index contributed by atoms with van der Waals surface area (Å²) in [6.45, 7) is 3.78. The number of benzene rings is 1. The van der Waals surface area contributed by atoms with E-state index in [9.17, 15) is 9.59 Å². The lowest BCUT2D eigenvalue weighted by Crippen LogP contribution is -2.32. The molecule has 7 heteroatoms. The molecule has 0 aromatic heterocycles. The minimum Gasteiger partial charge on any atom is -0.493 e. The number of hydrogen-bond acceptors (Lipinski definition) is 4. The van der Waals surface area contributed by atoms with Crippen LogP contribution in [0.2, 0.25) is 5.02 Å². The highest BCUT2D eigenvalue weighted by molar-refractivity contribution is 6.32. The maximum absolute atomic E-state index is 12.3. The zero-order valence-corrected chi connectivity index (χ0v) is 15.1. The van der Waals surface area contributed by atoms with Crippen LogP contribution in [0.4, 0.5) is 0 Å². The molecule has 1 aromatic rings. The molecule has 6 nitrogen and oxygen atoms in total. The molecule has 0 aliphatic rings. The molecule has 0 saturated carbocycles. The Balaban J connectivity index is 2.82. The normalized spacial score (nSPS) is 11.7. The lowest BCUT2D eigenvalue weighted by atomic mass is 10.1. The van der Waals surface area contributed by atoms with Crippen molar-refractivity contribution in [2.75, 3.05) is 13.7 Å². The smallest absolute Gasteiger partial charge is 0.255 e. The highest BCUT2D eigenvalue weighted by Gasteiger charge is 2.17. The Hall–Kier alpha value is -1.95. The van der Waals surface area contributed by atoms with Gasteiger partial charge in [0.15, 0.2) is 18.1 Å². The zero-order valence-electron chi connectivity index (χ0n) is 14.4. The molecule has 134 valence electrons. The molecule has 0 heterocycles. The van der Waals surface area contributed by atoms with Gasteiger partial charge >= 0.3 is 0 Å². The highest BCUT2D eigenvalue weighted by atomic mass is 35.5. The Kier molecular flexibility index (Phi) is 8.40. The van der Waals surface area contributed by atoms with Crippen molar-refractivity contribution in [2.24, 2.45) is 5.73 Å². The molecule has 1 aromatic carbocycles. The molecular formula is C17H25ClN2O4. The minimum atomic E-state index is -0.629. The monoisotopic (exact) mass is 356 g/mol. The third kappa shape index (κ3) is 6.28. The Labute approximate surface area is 147 Å². The van der Waals surface area contributed by atoms with Gasteiger partial charge in [0.25, 0.3) is 11.8 Å². The second-order valence-electron chi connectivity index (χ2n) is 5.61. The fourth-order valence-electron chi connectivity index (χ4n) is 2.21. The lowest BCUT2D eigenvalue weighted by molar-refractivity contribution is -0.119. The van der Waals surface area contributed by atoms with E-state index >= 15 is 0 Å². The molecule has 1 unspecified atom stereocenters. The molecule has 3 N–H and O–H groups in total. The van der Waals surface area contributed by atoms with E-state index in [4.69, 9.17) is 26.8 Å². The van der Waals surface area contributed by atoms with Crippen LogP contribution in [0.25, 0.3) is 0 Å².